The third-order valence-electron chi connectivity index (χ3n) is 0.932. The third kappa shape index (κ3) is 3.87. The molecule has 2 nitrogen and oxygen atoms in total. The van der Waals surface area contributed by atoms with Crippen LogP contribution in [-0.2, 0) is 4.57 Å². The maximum atomic E-state index is 11.3. The molecular formula is C5H13ClNOPS. The first-order valence-corrected chi connectivity index (χ1v) is 7.28. The summed E-state index contributed by atoms with van der Waals surface area (Å²) < 4.78 is 12.9. The summed E-state index contributed by atoms with van der Waals surface area (Å²) in [6, 6.07) is 0. The van der Waals surface area contributed by atoms with Crippen LogP contribution in [0.2, 0.25) is 0 Å². The van der Waals surface area contributed by atoms with Gasteiger partial charge in [0.15, 0.2) is 0 Å². The van der Waals surface area contributed by atoms with Crippen LogP contribution in [0.1, 0.15) is 13.3 Å². The lowest BCUT2D eigenvalue weighted by Gasteiger charge is -2.15. The van der Waals surface area contributed by atoms with Crippen LogP contribution in [0.15, 0.2) is 0 Å². The normalized spacial score (nSPS) is 17.3. The first-order valence-electron chi connectivity index (χ1n) is 3.12. The first kappa shape index (κ1) is 10.8. The topological polar surface area (TPSA) is 20.3 Å². The lowest BCUT2D eigenvalue weighted by Crippen LogP contribution is -2.01. The van der Waals surface area contributed by atoms with Crippen molar-refractivity contribution in [3.05, 3.63) is 0 Å². The molecule has 0 saturated heterocycles. The van der Waals surface area contributed by atoms with Gasteiger partial charge in [-0.05, 0) is 31.8 Å². The van der Waals surface area contributed by atoms with Gasteiger partial charge in [-0.15, -0.1) is 0 Å². The summed E-state index contributed by atoms with van der Waals surface area (Å²) in [5.41, 5.74) is 0. The molecule has 0 N–H and O–H groups in total. The zero-order chi connectivity index (χ0) is 8.20. The van der Waals surface area contributed by atoms with Gasteiger partial charge >= 0.3 is 0 Å². The fourth-order valence-corrected chi connectivity index (χ4v) is 3.50. The summed E-state index contributed by atoms with van der Waals surface area (Å²) in [7, 11) is 3.47. The SMILES string of the molecule is CCCSP(=O)(Cl)N(C)C. The monoisotopic (exact) mass is 201 g/mol. The second-order valence-corrected chi connectivity index (χ2v) is 8.74. The van der Waals surface area contributed by atoms with Crippen molar-refractivity contribution in [2.24, 2.45) is 0 Å². The maximum absolute atomic E-state index is 11.3. The molecule has 0 aliphatic carbocycles. The lowest BCUT2D eigenvalue weighted by molar-refractivity contribution is 0.543. The van der Waals surface area contributed by atoms with Gasteiger partial charge in [0, 0.05) is 5.75 Å². The quantitative estimate of drug-likeness (QED) is 0.653. The van der Waals surface area contributed by atoms with Gasteiger partial charge in [0.2, 0.25) is 0 Å². The van der Waals surface area contributed by atoms with Crippen LogP contribution in [0.3, 0.4) is 0 Å². The zero-order valence-electron chi connectivity index (χ0n) is 6.50. The standard InChI is InChI=1S/C5H13ClNOPS/c1-4-5-10-9(6,8)7(2)3/h4-5H2,1-3H3. The van der Waals surface area contributed by atoms with Crippen molar-refractivity contribution in [1.82, 2.24) is 4.67 Å². The number of nitrogens with zero attached hydrogens (tertiary/aromatic N) is 1. The molecule has 0 aromatic rings. The van der Waals surface area contributed by atoms with E-state index in [0.29, 0.717) is 0 Å². The van der Waals surface area contributed by atoms with E-state index in [1.807, 2.05) is 6.92 Å². The molecule has 1 unspecified atom stereocenters. The Morgan fingerprint density at radius 2 is 2.10 bits per heavy atom. The van der Waals surface area contributed by atoms with Gasteiger partial charge in [-0.3, -0.25) is 4.57 Å². The molecule has 0 fully saturated rings. The molecule has 0 spiro atoms. The molecule has 1 atom stereocenters. The Morgan fingerprint density at radius 3 is 2.40 bits per heavy atom. The number of hydrogen-bond acceptors (Lipinski definition) is 2. The van der Waals surface area contributed by atoms with Crippen molar-refractivity contribution < 1.29 is 4.57 Å². The molecule has 0 aromatic carbocycles. The molecule has 0 rings (SSSR count). The largest absolute Gasteiger partial charge is 0.288 e. The van der Waals surface area contributed by atoms with Crippen molar-refractivity contribution in [2.45, 2.75) is 13.3 Å². The van der Waals surface area contributed by atoms with E-state index >= 15 is 0 Å². The van der Waals surface area contributed by atoms with Crippen LogP contribution in [0, 0.1) is 0 Å². The van der Waals surface area contributed by atoms with Crippen LogP contribution in [-0.4, -0.2) is 24.5 Å². The molecule has 0 saturated carbocycles. The molecule has 0 radical (unpaired) electrons. The minimum absolute atomic E-state index is 0.860. The summed E-state index contributed by atoms with van der Waals surface area (Å²) in [4.78, 5) is 0. The van der Waals surface area contributed by atoms with E-state index in [4.69, 9.17) is 11.2 Å². The number of rotatable bonds is 4. The van der Waals surface area contributed by atoms with Crippen LogP contribution < -0.4 is 0 Å². The molecule has 5 heteroatoms. The summed E-state index contributed by atoms with van der Waals surface area (Å²) >= 11 is 7.03. The van der Waals surface area contributed by atoms with Crippen molar-refractivity contribution in [2.75, 3.05) is 19.8 Å². The Kier molecular flexibility index (Phi) is 5.04. The smallest absolute Gasteiger partial charge is 0.277 e. The maximum Gasteiger partial charge on any atom is 0.288 e. The zero-order valence-corrected chi connectivity index (χ0v) is 8.97. The van der Waals surface area contributed by atoms with Gasteiger partial charge < -0.3 is 0 Å². The van der Waals surface area contributed by atoms with Crippen LogP contribution in [0.5, 0.6) is 0 Å². The van der Waals surface area contributed by atoms with Gasteiger partial charge in [0.1, 0.15) is 0 Å². The Hall–Kier alpha value is 0.830. The summed E-state index contributed by atoms with van der Waals surface area (Å²) in [5.74, 6) is -1.70. The Morgan fingerprint density at radius 1 is 1.60 bits per heavy atom. The van der Waals surface area contributed by atoms with E-state index < -0.39 is 5.85 Å². The third-order valence-corrected chi connectivity index (χ3v) is 7.07. The highest BCUT2D eigenvalue weighted by Gasteiger charge is 2.20. The van der Waals surface area contributed by atoms with E-state index in [9.17, 15) is 4.57 Å². The molecular weight excluding hydrogens is 189 g/mol. The van der Waals surface area contributed by atoms with E-state index in [1.54, 1.807) is 18.8 Å². The van der Waals surface area contributed by atoms with Crippen molar-refractivity contribution in [3.63, 3.8) is 0 Å². The van der Waals surface area contributed by atoms with Gasteiger partial charge in [0.25, 0.3) is 5.85 Å². The molecule has 0 bridgehead atoms. The van der Waals surface area contributed by atoms with Gasteiger partial charge in [0.05, 0.1) is 0 Å². The second-order valence-electron chi connectivity index (χ2n) is 2.13. The molecule has 10 heavy (non-hydrogen) atoms. The van der Waals surface area contributed by atoms with Gasteiger partial charge in [-0.25, -0.2) is 4.67 Å². The lowest BCUT2D eigenvalue weighted by atomic mass is 10.6. The molecule has 0 aliphatic rings. The average Bonchev–Trinajstić information content (AvgIpc) is 1.84. The first-order chi connectivity index (χ1) is 4.50. The summed E-state index contributed by atoms with van der Waals surface area (Å²) in [6.45, 7) is 2.04. The van der Waals surface area contributed by atoms with E-state index in [2.05, 4.69) is 0 Å². The van der Waals surface area contributed by atoms with Crippen LogP contribution in [0.4, 0.5) is 0 Å². The van der Waals surface area contributed by atoms with Crippen LogP contribution >= 0.6 is 28.5 Å². The molecule has 0 heterocycles. The minimum Gasteiger partial charge on any atom is -0.277 e. The Bertz CT molecular complexity index is 142. The van der Waals surface area contributed by atoms with E-state index in [0.717, 1.165) is 12.2 Å². The fourth-order valence-electron chi connectivity index (χ4n) is 0.319. The molecule has 0 aliphatic heterocycles. The number of halogens is 1. The number of hydrogen-bond donors (Lipinski definition) is 0. The van der Waals surface area contributed by atoms with Crippen molar-refractivity contribution in [3.8, 4) is 0 Å². The highest BCUT2D eigenvalue weighted by molar-refractivity contribution is 8.64. The Balaban J connectivity index is 3.76. The van der Waals surface area contributed by atoms with Gasteiger partial charge in [-0.2, -0.15) is 0 Å². The molecule has 0 aromatic heterocycles. The predicted molar refractivity (Wildman–Crippen MR) is 49.9 cm³/mol. The van der Waals surface area contributed by atoms with Gasteiger partial charge in [-0.1, -0.05) is 18.3 Å². The summed E-state index contributed by atoms with van der Waals surface area (Å²) in [6.07, 6.45) is 1.01. The van der Waals surface area contributed by atoms with E-state index in [1.165, 1.54) is 11.4 Å². The van der Waals surface area contributed by atoms with Crippen molar-refractivity contribution >= 4 is 28.5 Å². The second kappa shape index (κ2) is 4.66. The van der Waals surface area contributed by atoms with E-state index in [-0.39, 0.29) is 0 Å². The molecule has 0 amide bonds. The fraction of sp³-hybridized carbons (Fsp3) is 1.00. The minimum atomic E-state index is -2.56. The Labute approximate surface area is 71.3 Å². The highest BCUT2D eigenvalue weighted by atomic mass is 35.7. The van der Waals surface area contributed by atoms with Crippen molar-refractivity contribution in [1.29, 1.82) is 0 Å². The highest BCUT2D eigenvalue weighted by Crippen LogP contribution is 2.64. The molecule has 62 valence electrons. The van der Waals surface area contributed by atoms with Crippen LogP contribution in [0.25, 0.3) is 0 Å². The predicted octanol–water partition coefficient (Wildman–Crippen LogP) is 3.04. The average molecular weight is 202 g/mol. The summed E-state index contributed by atoms with van der Waals surface area (Å²) in [5, 5.41) is 0.